The Labute approximate surface area is 123 Å². The van der Waals surface area contributed by atoms with Crippen molar-refractivity contribution in [2.75, 3.05) is 11.4 Å². The first-order valence-corrected chi connectivity index (χ1v) is 8.21. The molecule has 0 amide bonds. The second-order valence-electron chi connectivity index (χ2n) is 5.69. The Bertz CT molecular complexity index is 445. The van der Waals surface area contributed by atoms with E-state index in [0.29, 0.717) is 6.04 Å². The molecule has 104 valence electrons. The summed E-state index contributed by atoms with van der Waals surface area (Å²) in [5, 5.41) is 3.61. The quantitative estimate of drug-likeness (QED) is 0.899. The zero-order valence-corrected chi connectivity index (χ0v) is 13.1. The number of hydrogen-bond acceptors (Lipinski definition) is 3. The number of halogens is 1. The largest absolute Gasteiger partial charge is 0.353 e. The zero-order valence-electron chi connectivity index (χ0n) is 11.5. The minimum absolute atomic E-state index is 0.674. The molecule has 1 aliphatic heterocycles. The number of nitrogens with one attached hydrogen (secondary N) is 1. The Morgan fingerprint density at radius 2 is 2.26 bits per heavy atom. The Morgan fingerprint density at radius 3 is 3.00 bits per heavy atom. The first-order valence-electron chi connectivity index (χ1n) is 7.42. The molecule has 1 aromatic rings. The summed E-state index contributed by atoms with van der Waals surface area (Å²) in [6, 6.07) is 3.64. The van der Waals surface area contributed by atoms with Crippen LogP contribution in [0.15, 0.2) is 16.7 Å². The maximum atomic E-state index is 4.70. The lowest BCUT2D eigenvalue weighted by Crippen LogP contribution is -2.31. The summed E-state index contributed by atoms with van der Waals surface area (Å²) in [5.41, 5.74) is 1.33. The van der Waals surface area contributed by atoms with Crippen LogP contribution in [-0.2, 0) is 6.54 Å². The lowest BCUT2D eigenvalue weighted by atomic mass is 10.1. The first kappa shape index (κ1) is 13.4. The smallest absolute Gasteiger partial charge is 0.133 e. The second kappa shape index (κ2) is 5.80. The highest BCUT2D eigenvalue weighted by Gasteiger charge is 2.27. The molecule has 3 rings (SSSR count). The van der Waals surface area contributed by atoms with Gasteiger partial charge in [0.1, 0.15) is 5.82 Å². The van der Waals surface area contributed by atoms with Crippen LogP contribution in [0.25, 0.3) is 0 Å². The molecule has 2 fully saturated rings. The van der Waals surface area contributed by atoms with Gasteiger partial charge < -0.3 is 10.2 Å². The van der Waals surface area contributed by atoms with Crippen LogP contribution in [0.5, 0.6) is 0 Å². The predicted octanol–water partition coefficient (Wildman–Crippen LogP) is 3.47. The van der Waals surface area contributed by atoms with Gasteiger partial charge in [-0.05, 0) is 54.1 Å². The van der Waals surface area contributed by atoms with Crippen molar-refractivity contribution in [3.63, 3.8) is 0 Å². The number of aromatic nitrogens is 1. The molecule has 1 aromatic heterocycles. The average Bonchev–Trinajstić information content (AvgIpc) is 3.13. The Balaban J connectivity index is 1.81. The van der Waals surface area contributed by atoms with Gasteiger partial charge in [0.2, 0.25) is 0 Å². The number of pyridine rings is 1. The summed E-state index contributed by atoms with van der Waals surface area (Å²) in [6.45, 7) is 4.38. The normalized spacial score (nSPS) is 23.1. The molecule has 1 unspecified atom stereocenters. The monoisotopic (exact) mass is 323 g/mol. The minimum Gasteiger partial charge on any atom is -0.353 e. The molecule has 1 N–H and O–H groups in total. The van der Waals surface area contributed by atoms with Crippen molar-refractivity contribution in [3.8, 4) is 0 Å². The molecule has 1 atom stereocenters. The molecule has 0 bridgehead atoms. The molecular weight excluding hydrogens is 302 g/mol. The number of hydrogen-bond donors (Lipinski definition) is 1. The van der Waals surface area contributed by atoms with Gasteiger partial charge in [-0.2, -0.15) is 0 Å². The van der Waals surface area contributed by atoms with E-state index in [4.69, 9.17) is 4.98 Å². The van der Waals surface area contributed by atoms with Crippen molar-refractivity contribution < 1.29 is 0 Å². The molecule has 1 saturated carbocycles. The van der Waals surface area contributed by atoms with E-state index in [1.165, 1.54) is 43.5 Å². The summed E-state index contributed by atoms with van der Waals surface area (Å²) in [5.74, 6) is 1.20. The third-order valence-corrected chi connectivity index (χ3v) is 4.62. The zero-order chi connectivity index (χ0) is 13.2. The van der Waals surface area contributed by atoms with Gasteiger partial charge in [0.15, 0.2) is 0 Å². The number of rotatable bonds is 5. The highest BCUT2D eigenvalue weighted by atomic mass is 79.9. The molecule has 0 radical (unpaired) electrons. The summed E-state index contributed by atoms with van der Waals surface area (Å²) in [7, 11) is 0. The van der Waals surface area contributed by atoms with Crippen LogP contribution in [0.2, 0.25) is 0 Å². The molecular formula is C15H22BrN3. The molecule has 19 heavy (non-hydrogen) atoms. The molecule has 3 nitrogen and oxygen atoms in total. The maximum absolute atomic E-state index is 4.70. The van der Waals surface area contributed by atoms with Crippen LogP contribution in [0.4, 0.5) is 5.82 Å². The van der Waals surface area contributed by atoms with Gasteiger partial charge in [-0.3, -0.25) is 0 Å². The van der Waals surface area contributed by atoms with E-state index in [9.17, 15) is 0 Å². The highest BCUT2D eigenvalue weighted by Crippen LogP contribution is 2.30. The Hall–Kier alpha value is -0.610. The van der Waals surface area contributed by atoms with Gasteiger partial charge in [0.25, 0.3) is 0 Å². The maximum Gasteiger partial charge on any atom is 0.133 e. The van der Waals surface area contributed by atoms with Crippen molar-refractivity contribution in [1.29, 1.82) is 0 Å². The van der Waals surface area contributed by atoms with Crippen LogP contribution in [0, 0.1) is 0 Å². The Kier molecular flexibility index (Phi) is 4.08. The van der Waals surface area contributed by atoms with Crippen molar-refractivity contribution in [3.05, 3.63) is 22.3 Å². The lowest BCUT2D eigenvalue weighted by Gasteiger charge is -2.27. The molecule has 2 aliphatic rings. The molecule has 0 spiro atoms. The molecule has 0 aromatic carbocycles. The van der Waals surface area contributed by atoms with E-state index >= 15 is 0 Å². The van der Waals surface area contributed by atoms with Gasteiger partial charge in [0.05, 0.1) is 0 Å². The molecule has 1 saturated heterocycles. The van der Waals surface area contributed by atoms with Crippen molar-refractivity contribution in [1.82, 2.24) is 10.3 Å². The third-order valence-electron chi connectivity index (χ3n) is 4.19. The van der Waals surface area contributed by atoms with Crippen LogP contribution in [0.3, 0.4) is 0 Å². The van der Waals surface area contributed by atoms with Gasteiger partial charge in [-0.15, -0.1) is 0 Å². The number of nitrogens with zero attached hydrogens (tertiary/aromatic N) is 2. The summed E-state index contributed by atoms with van der Waals surface area (Å²) in [4.78, 5) is 7.21. The van der Waals surface area contributed by atoms with Crippen molar-refractivity contribution in [2.45, 2.75) is 57.7 Å². The Morgan fingerprint density at radius 1 is 1.42 bits per heavy atom. The standard InChI is InChI=1S/C15H22BrN3/c1-2-14-4-3-7-19(14)15-11(8-12(16)10-18-15)9-17-13-5-6-13/h8,10,13-14,17H,2-7,9H2,1H3. The van der Waals surface area contributed by atoms with E-state index in [1.807, 2.05) is 6.20 Å². The predicted molar refractivity (Wildman–Crippen MR) is 82.5 cm³/mol. The van der Waals surface area contributed by atoms with Gasteiger partial charge in [0, 0.05) is 41.4 Å². The third kappa shape index (κ3) is 3.11. The van der Waals surface area contributed by atoms with Gasteiger partial charge in [-0.25, -0.2) is 4.98 Å². The van der Waals surface area contributed by atoms with E-state index in [0.717, 1.165) is 23.6 Å². The van der Waals surface area contributed by atoms with Crippen LogP contribution >= 0.6 is 15.9 Å². The second-order valence-corrected chi connectivity index (χ2v) is 6.60. The number of anilines is 1. The average molecular weight is 324 g/mol. The fourth-order valence-electron chi connectivity index (χ4n) is 2.94. The van der Waals surface area contributed by atoms with Crippen LogP contribution < -0.4 is 10.2 Å². The van der Waals surface area contributed by atoms with E-state index < -0.39 is 0 Å². The molecule has 2 heterocycles. The SMILES string of the molecule is CCC1CCCN1c1ncc(Br)cc1CNC1CC1. The topological polar surface area (TPSA) is 28.2 Å². The molecule has 4 heteroatoms. The highest BCUT2D eigenvalue weighted by molar-refractivity contribution is 9.10. The molecule has 1 aliphatic carbocycles. The van der Waals surface area contributed by atoms with Crippen molar-refractivity contribution >= 4 is 21.7 Å². The van der Waals surface area contributed by atoms with Crippen LogP contribution in [-0.4, -0.2) is 23.6 Å². The van der Waals surface area contributed by atoms with Crippen LogP contribution in [0.1, 0.15) is 44.6 Å². The summed E-state index contributed by atoms with van der Waals surface area (Å²) >= 11 is 3.55. The lowest BCUT2D eigenvalue weighted by molar-refractivity contribution is 0.631. The fraction of sp³-hybridized carbons (Fsp3) is 0.667. The summed E-state index contributed by atoms with van der Waals surface area (Å²) < 4.78 is 1.08. The van der Waals surface area contributed by atoms with Crippen molar-refractivity contribution in [2.24, 2.45) is 0 Å². The van der Waals surface area contributed by atoms with Gasteiger partial charge in [-0.1, -0.05) is 6.92 Å². The van der Waals surface area contributed by atoms with E-state index in [1.54, 1.807) is 0 Å². The summed E-state index contributed by atoms with van der Waals surface area (Å²) in [6.07, 6.45) is 8.42. The van der Waals surface area contributed by atoms with E-state index in [2.05, 4.69) is 39.1 Å². The fourth-order valence-corrected chi connectivity index (χ4v) is 3.32. The minimum atomic E-state index is 0.674. The van der Waals surface area contributed by atoms with Gasteiger partial charge >= 0.3 is 0 Å². The first-order chi connectivity index (χ1) is 9.28. The van der Waals surface area contributed by atoms with E-state index in [-0.39, 0.29) is 0 Å².